The van der Waals surface area contributed by atoms with E-state index in [4.69, 9.17) is 0 Å². The van der Waals surface area contributed by atoms with Crippen LogP contribution in [0.25, 0.3) is 0 Å². The van der Waals surface area contributed by atoms with Crippen LogP contribution in [-0.4, -0.2) is 16.9 Å². The third-order valence-electron chi connectivity index (χ3n) is 2.95. The molecule has 22 heavy (non-hydrogen) atoms. The Kier molecular flexibility index (Phi) is 4.67. The molecule has 2 aromatic rings. The zero-order valence-electron chi connectivity index (χ0n) is 11.7. The second kappa shape index (κ2) is 6.66. The number of carbonyl (C=O) groups is 1. The van der Waals surface area contributed by atoms with E-state index in [0.29, 0.717) is 11.4 Å². The summed E-state index contributed by atoms with van der Waals surface area (Å²) in [4.78, 5) is 22.2. The Balaban J connectivity index is 2.00. The number of nitro benzene ring substituents is 1. The summed E-state index contributed by atoms with van der Waals surface area (Å²) in [5.41, 5.74) is 0.881. The average Bonchev–Trinajstić information content (AvgIpc) is 2.49. The molecule has 0 unspecified atom stereocenters. The molecule has 0 aromatic heterocycles. The van der Waals surface area contributed by atoms with Crippen molar-refractivity contribution in [1.29, 1.82) is 0 Å². The first-order chi connectivity index (χ1) is 10.5. The van der Waals surface area contributed by atoms with Gasteiger partial charge in [0.15, 0.2) is 0 Å². The molecule has 2 rings (SSSR count). The minimum atomic E-state index is -0.618. The van der Waals surface area contributed by atoms with Crippen LogP contribution in [0.5, 0.6) is 0 Å². The molecule has 0 heterocycles. The quantitative estimate of drug-likeness (QED) is 0.656. The highest BCUT2D eigenvalue weighted by Crippen LogP contribution is 2.18. The number of halogens is 1. The Labute approximate surface area is 126 Å². The van der Waals surface area contributed by atoms with Gasteiger partial charge >= 0.3 is 0 Å². The van der Waals surface area contributed by atoms with E-state index >= 15 is 0 Å². The predicted molar refractivity (Wildman–Crippen MR) is 81.2 cm³/mol. The lowest BCUT2D eigenvalue weighted by molar-refractivity contribution is -0.384. The van der Waals surface area contributed by atoms with Crippen molar-refractivity contribution in [3.8, 4) is 0 Å². The highest BCUT2D eigenvalue weighted by atomic mass is 19.1. The third-order valence-corrected chi connectivity index (χ3v) is 2.95. The van der Waals surface area contributed by atoms with Crippen molar-refractivity contribution in [1.82, 2.24) is 0 Å². The van der Waals surface area contributed by atoms with Gasteiger partial charge in [0.05, 0.1) is 4.92 Å². The number of anilines is 2. The molecule has 0 fully saturated rings. The van der Waals surface area contributed by atoms with Gasteiger partial charge in [0.1, 0.15) is 11.9 Å². The largest absolute Gasteiger partial charge is 0.374 e. The number of non-ortho nitro benzene ring substituents is 1. The number of hydrogen-bond donors (Lipinski definition) is 2. The van der Waals surface area contributed by atoms with Crippen molar-refractivity contribution in [2.75, 3.05) is 10.6 Å². The number of amides is 1. The molecule has 0 radical (unpaired) electrons. The molecule has 7 heteroatoms. The molecular formula is C15H14FN3O3. The Morgan fingerprint density at radius 3 is 2.50 bits per heavy atom. The molecule has 0 saturated carbocycles. The Bertz CT molecular complexity index is 689. The molecule has 1 atom stereocenters. The first-order valence-corrected chi connectivity index (χ1v) is 6.53. The Morgan fingerprint density at radius 1 is 1.18 bits per heavy atom. The summed E-state index contributed by atoms with van der Waals surface area (Å²) in [5.74, 6) is -0.723. The fourth-order valence-corrected chi connectivity index (χ4v) is 1.81. The van der Waals surface area contributed by atoms with Gasteiger partial charge in [0.2, 0.25) is 5.91 Å². The number of rotatable bonds is 5. The second-order valence-corrected chi connectivity index (χ2v) is 4.67. The van der Waals surface area contributed by atoms with E-state index < -0.39 is 11.0 Å². The van der Waals surface area contributed by atoms with E-state index in [1.165, 1.54) is 42.5 Å². The van der Waals surface area contributed by atoms with Gasteiger partial charge in [-0.15, -0.1) is 0 Å². The van der Waals surface area contributed by atoms with Gasteiger partial charge in [-0.25, -0.2) is 4.39 Å². The second-order valence-electron chi connectivity index (χ2n) is 4.67. The number of carbonyl (C=O) groups excluding carboxylic acids is 1. The van der Waals surface area contributed by atoms with Crippen molar-refractivity contribution in [3.05, 3.63) is 64.5 Å². The molecule has 0 aliphatic heterocycles. The summed E-state index contributed by atoms with van der Waals surface area (Å²) in [6.07, 6.45) is 0. The van der Waals surface area contributed by atoms with Crippen LogP contribution in [0.4, 0.5) is 21.5 Å². The smallest absolute Gasteiger partial charge is 0.271 e. The standard InChI is InChI=1S/C15H14FN3O3/c1-10(15(20)18-12-7-5-11(16)6-8-12)17-13-3-2-4-14(9-13)19(21)22/h2-10,17H,1H3,(H,18,20)/t10-/m0/s1. The maximum absolute atomic E-state index is 12.8. The molecule has 0 saturated heterocycles. The van der Waals surface area contributed by atoms with Gasteiger partial charge < -0.3 is 10.6 Å². The topological polar surface area (TPSA) is 84.3 Å². The van der Waals surface area contributed by atoms with Gasteiger partial charge in [-0.2, -0.15) is 0 Å². The van der Waals surface area contributed by atoms with E-state index in [2.05, 4.69) is 10.6 Å². The van der Waals surface area contributed by atoms with Crippen LogP contribution in [0.2, 0.25) is 0 Å². The molecule has 0 aliphatic carbocycles. The normalized spacial score (nSPS) is 11.5. The zero-order valence-corrected chi connectivity index (χ0v) is 11.7. The van der Waals surface area contributed by atoms with Gasteiger partial charge in [0, 0.05) is 23.5 Å². The lowest BCUT2D eigenvalue weighted by Gasteiger charge is -2.15. The van der Waals surface area contributed by atoms with Crippen molar-refractivity contribution in [2.24, 2.45) is 0 Å². The van der Waals surface area contributed by atoms with E-state index in [1.54, 1.807) is 13.0 Å². The number of nitro groups is 1. The molecule has 2 N–H and O–H groups in total. The summed E-state index contributed by atoms with van der Waals surface area (Å²) < 4.78 is 12.8. The van der Waals surface area contributed by atoms with Crippen molar-refractivity contribution in [3.63, 3.8) is 0 Å². The predicted octanol–water partition coefficient (Wildman–Crippen LogP) is 3.17. The summed E-state index contributed by atoms with van der Waals surface area (Å²) >= 11 is 0. The lowest BCUT2D eigenvalue weighted by Crippen LogP contribution is -2.31. The van der Waals surface area contributed by atoms with Gasteiger partial charge in [-0.1, -0.05) is 6.07 Å². The highest BCUT2D eigenvalue weighted by molar-refractivity contribution is 5.96. The molecule has 1 amide bonds. The monoisotopic (exact) mass is 303 g/mol. The number of nitrogens with zero attached hydrogens (tertiary/aromatic N) is 1. The molecule has 0 aliphatic rings. The minimum absolute atomic E-state index is 0.0591. The van der Waals surface area contributed by atoms with Crippen LogP contribution in [-0.2, 0) is 4.79 Å². The molecule has 0 spiro atoms. The van der Waals surface area contributed by atoms with E-state index in [1.807, 2.05) is 0 Å². The van der Waals surface area contributed by atoms with Gasteiger partial charge in [-0.3, -0.25) is 14.9 Å². The van der Waals surface area contributed by atoms with E-state index in [0.717, 1.165) is 0 Å². The maximum Gasteiger partial charge on any atom is 0.271 e. The first-order valence-electron chi connectivity index (χ1n) is 6.53. The molecule has 2 aromatic carbocycles. The van der Waals surface area contributed by atoms with Crippen molar-refractivity contribution in [2.45, 2.75) is 13.0 Å². The first kappa shape index (κ1) is 15.4. The fraction of sp³-hybridized carbons (Fsp3) is 0.133. The van der Waals surface area contributed by atoms with Crippen molar-refractivity contribution >= 4 is 23.0 Å². The summed E-state index contributed by atoms with van der Waals surface area (Å²) in [6, 6.07) is 10.7. The minimum Gasteiger partial charge on any atom is -0.374 e. The SMILES string of the molecule is C[C@H](Nc1cccc([N+](=O)[O-])c1)C(=O)Nc1ccc(F)cc1. The lowest BCUT2D eigenvalue weighted by atomic mass is 10.2. The molecule has 114 valence electrons. The van der Waals surface area contributed by atoms with Crippen LogP contribution in [0.1, 0.15) is 6.92 Å². The fourth-order valence-electron chi connectivity index (χ4n) is 1.81. The molecule has 6 nitrogen and oxygen atoms in total. The summed E-state index contributed by atoms with van der Waals surface area (Å²) in [5, 5.41) is 16.2. The maximum atomic E-state index is 12.8. The highest BCUT2D eigenvalue weighted by Gasteiger charge is 2.14. The van der Waals surface area contributed by atoms with Crippen LogP contribution >= 0.6 is 0 Å². The van der Waals surface area contributed by atoms with E-state index in [-0.39, 0.29) is 17.4 Å². The van der Waals surface area contributed by atoms with Gasteiger partial charge in [-0.05, 0) is 37.3 Å². The number of hydrogen-bond acceptors (Lipinski definition) is 4. The number of nitrogens with one attached hydrogen (secondary N) is 2. The molecule has 0 bridgehead atoms. The number of benzene rings is 2. The third kappa shape index (κ3) is 4.02. The Morgan fingerprint density at radius 2 is 1.86 bits per heavy atom. The van der Waals surface area contributed by atoms with Gasteiger partial charge in [0.25, 0.3) is 5.69 Å². The van der Waals surface area contributed by atoms with Crippen molar-refractivity contribution < 1.29 is 14.1 Å². The van der Waals surface area contributed by atoms with Crippen LogP contribution in [0.3, 0.4) is 0 Å². The summed E-state index contributed by atoms with van der Waals surface area (Å²) in [6.45, 7) is 1.62. The summed E-state index contributed by atoms with van der Waals surface area (Å²) in [7, 11) is 0. The average molecular weight is 303 g/mol. The van der Waals surface area contributed by atoms with E-state index in [9.17, 15) is 19.3 Å². The Hall–Kier alpha value is -2.96. The molecular weight excluding hydrogens is 289 g/mol. The van der Waals surface area contributed by atoms with Crippen LogP contribution in [0, 0.1) is 15.9 Å². The van der Waals surface area contributed by atoms with Crippen LogP contribution in [0.15, 0.2) is 48.5 Å². The zero-order chi connectivity index (χ0) is 16.1. The van der Waals surface area contributed by atoms with Crippen LogP contribution < -0.4 is 10.6 Å².